The van der Waals surface area contributed by atoms with Crippen molar-refractivity contribution in [2.75, 3.05) is 7.05 Å². The topological polar surface area (TPSA) is 12.0 Å². The summed E-state index contributed by atoms with van der Waals surface area (Å²) in [6, 6.07) is 20.0. The highest BCUT2D eigenvalue weighted by atomic mass is 79.9. The number of benzene rings is 2. The summed E-state index contributed by atoms with van der Waals surface area (Å²) in [5, 5.41) is 6.16. The van der Waals surface area contributed by atoms with Gasteiger partial charge in [-0.05, 0) is 64.3 Å². The number of nitrogens with one attached hydrogen (secondary N) is 1. The predicted octanol–water partition coefficient (Wildman–Crippen LogP) is 5.04. The molecule has 1 unspecified atom stereocenters. The maximum absolute atomic E-state index is 3.54. The van der Waals surface area contributed by atoms with Gasteiger partial charge >= 0.3 is 0 Å². The Morgan fingerprint density at radius 3 is 2.57 bits per heavy atom. The van der Waals surface area contributed by atoms with Gasteiger partial charge < -0.3 is 5.32 Å². The lowest BCUT2D eigenvalue weighted by molar-refractivity contribution is 0.562. The van der Waals surface area contributed by atoms with Crippen molar-refractivity contribution in [1.82, 2.24) is 5.32 Å². The van der Waals surface area contributed by atoms with Gasteiger partial charge in [0.2, 0.25) is 0 Å². The van der Waals surface area contributed by atoms with Gasteiger partial charge in [-0.25, -0.2) is 0 Å². The lowest BCUT2D eigenvalue weighted by atomic mass is 9.97. The molecular weight excluding hydrogens is 342 g/mol. The Kier molecular flexibility index (Phi) is 4.73. The van der Waals surface area contributed by atoms with Crippen molar-refractivity contribution in [3.63, 3.8) is 0 Å². The van der Waals surface area contributed by atoms with Crippen molar-refractivity contribution >= 4 is 38.0 Å². The van der Waals surface area contributed by atoms with Crippen molar-refractivity contribution in [3.05, 3.63) is 68.8 Å². The van der Waals surface area contributed by atoms with E-state index in [1.807, 2.05) is 11.3 Å². The van der Waals surface area contributed by atoms with E-state index in [2.05, 4.69) is 82.9 Å². The summed E-state index contributed by atoms with van der Waals surface area (Å²) in [5.74, 6) is 0. The monoisotopic (exact) mass is 359 g/mol. The molecule has 1 N–H and O–H groups in total. The van der Waals surface area contributed by atoms with E-state index >= 15 is 0 Å². The van der Waals surface area contributed by atoms with Gasteiger partial charge in [-0.15, -0.1) is 11.3 Å². The van der Waals surface area contributed by atoms with Crippen molar-refractivity contribution in [2.45, 2.75) is 18.9 Å². The van der Waals surface area contributed by atoms with E-state index in [9.17, 15) is 0 Å². The first-order valence-electron chi connectivity index (χ1n) is 7.14. The average molecular weight is 360 g/mol. The Balaban J connectivity index is 1.82. The lowest BCUT2D eigenvalue weighted by Gasteiger charge is -2.16. The van der Waals surface area contributed by atoms with E-state index in [4.69, 9.17) is 0 Å². The fourth-order valence-corrected chi connectivity index (χ4v) is 4.28. The quantitative estimate of drug-likeness (QED) is 0.672. The van der Waals surface area contributed by atoms with Gasteiger partial charge in [0.25, 0.3) is 0 Å². The van der Waals surface area contributed by atoms with Crippen LogP contribution in [0.25, 0.3) is 10.8 Å². The molecule has 3 rings (SSSR count). The van der Waals surface area contributed by atoms with Crippen LogP contribution in [0.1, 0.15) is 10.4 Å². The van der Waals surface area contributed by atoms with Crippen molar-refractivity contribution in [2.24, 2.45) is 0 Å². The summed E-state index contributed by atoms with van der Waals surface area (Å²) in [5.41, 5.74) is 1.42. The highest BCUT2D eigenvalue weighted by molar-refractivity contribution is 9.11. The fourth-order valence-electron chi connectivity index (χ4n) is 2.72. The molecule has 1 heterocycles. The number of thiophene rings is 1. The van der Waals surface area contributed by atoms with Gasteiger partial charge in [0, 0.05) is 10.9 Å². The Morgan fingerprint density at radius 1 is 1.00 bits per heavy atom. The van der Waals surface area contributed by atoms with E-state index in [1.165, 1.54) is 25.0 Å². The Morgan fingerprint density at radius 2 is 1.81 bits per heavy atom. The molecule has 108 valence electrons. The smallest absolute Gasteiger partial charge is 0.0701 e. The normalized spacial score (nSPS) is 12.7. The van der Waals surface area contributed by atoms with E-state index in [-0.39, 0.29) is 0 Å². The summed E-state index contributed by atoms with van der Waals surface area (Å²) in [4.78, 5) is 1.42. The molecule has 1 aromatic heterocycles. The molecule has 0 bridgehead atoms. The zero-order chi connectivity index (χ0) is 14.7. The second-order valence-electron chi connectivity index (χ2n) is 5.24. The maximum atomic E-state index is 3.54. The van der Waals surface area contributed by atoms with Crippen LogP contribution >= 0.6 is 27.3 Å². The molecule has 0 spiro atoms. The molecule has 21 heavy (non-hydrogen) atoms. The predicted molar refractivity (Wildman–Crippen MR) is 96.2 cm³/mol. The van der Waals surface area contributed by atoms with E-state index in [0.29, 0.717) is 6.04 Å². The van der Waals surface area contributed by atoms with Crippen molar-refractivity contribution in [1.29, 1.82) is 0 Å². The van der Waals surface area contributed by atoms with Crippen LogP contribution in [0, 0.1) is 0 Å². The van der Waals surface area contributed by atoms with E-state index in [1.54, 1.807) is 0 Å². The molecular formula is C18H18BrNS. The van der Waals surface area contributed by atoms with Gasteiger partial charge in [-0.1, -0.05) is 42.5 Å². The van der Waals surface area contributed by atoms with Crippen LogP contribution in [0.15, 0.2) is 58.4 Å². The van der Waals surface area contributed by atoms with Crippen molar-refractivity contribution < 1.29 is 0 Å². The van der Waals surface area contributed by atoms with Gasteiger partial charge in [0.15, 0.2) is 0 Å². The zero-order valence-electron chi connectivity index (χ0n) is 12.0. The van der Waals surface area contributed by atoms with Crippen LogP contribution < -0.4 is 5.32 Å². The first-order valence-corrected chi connectivity index (χ1v) is 8.75. The average Bonchev–Trinajstić information content (AvgIpc) is 2.92. The third-order valence-corrected chi connectivity index (χ3v) is 5.48. The number of fused-ring (bicyclic) bond motifs is 1. The number of halogens is 1. The van der Waals surface area contributed by atoms with Crippen LogP contribution in [0.2, 0.25) is 0 Å². The minimum Gasteiger partial charge on any atom is -0.316 e. The lowest BCUT2D eigenvalue weighted by Crippen LogP contribution is -2.29. The second-order valence-corrected chi connectivity index (χ2v) is 7.79. The number of hydrogen-bond acceptors (Lipinski definition) is 2. The number of rotatable bonds is 5. The van der Waals surface area contributed by atoms with E-state index < -0.39 is 0 Å². The molecule has 0 saturated carbocycles. The van der Waals surface area contributed by atoms with Crippen LogP contribution in [0.5, 0.6) is 0 Å². The van der Waals surface area contributed by atoms with Gasteiger partial charge in [-0.2, -0.15) is 0 Å². The minimum atomic E-state index is 0.460. The highest BCUT2D eigenvalue weighted by Gasteiger charge is 2.11. The second kappa shape index (κ2) is 6.73. The molecule has 0 radical (unpaired) electrons. The summed E-state index contributed by atoms with van der Waals surface area (Å²) >= 11 is 5.36. The summed E-state index contributed by atoms with van der Waals surface area (Å²) in [7, 11) is 2.05. The molecule has 1 nitrogen and oxygen atoms in total. The largest absolute Gasteiger partial charge is 0.316 e. The first-order chi connectivity index (χ1) is 10.3. The molecule has 1 atom stereocenters. The maximum Gasteiger partial charge on any atom is 0.0701 e. The number of hydrogen-bond donors (Lipinski definition) is 1. The number of likely N-dealkylation sites (N-methyl/N-ethyl adjacent to an activating group) is 1. The first kappa shape index (κ1) is 14.8. The minimum absolute atomic E-state index is 0.460. The molecule has 0 aliphatic heterocycles. The summed E-state index contributed by atoms with van der Waals surface area (Å²) < 4.78 is 1.21. The Labute approximate surface area is 138 Å². The van der Waals surface area contributed by atoms with Gasteiger partial charge in [0.1, 0.15) is 0 Å². The van der Waals surface area contributed by atoms with E-state index in [0.717, 1.165) is 12.8 Å². The Bertz CT molecular complexity index is 729. The van der Waals surface area contributed by atoms with Crippen LogP contribution in [-0.4, -0.2) is 13.1 Å². The SMILES string of the molecule is CNC(Cc1ccc(Br)s1)Cc1cccc2ccccc12. The molecule has 2 aromatic carbocycles. The van der Waals surface area contributed by atoms with Crippen LogP contribution in [0.3, 0.4) is 0 Å². The van der Waals surface area contributed by atoms with Crippen LogP contribution in [0.4, 0.5) is 0 Å². The molecule has 0 aliphatic rings. The molecule has 0 fully saturated rings. The molecule has 3 aromatic rings. The summed E-state index contributed by atoms with van der Waals surface area (Å²) in [6.45, 7) is 0. The van der Waals surface area contributed by atoms with Crippen molar-refractivity contribution in [3.8, 4) is 0 Å². The van der Waals surface area contributed by atoms with Crippen LogP contribution in [-0.2, 0) is 12.8 Å². The fraction of sp³-hybridized carbons (Fsp3) is 0.222. The third kappa shape index (κ3) is 3.54. The standard InChI is InChI=1S/C18H18BrNS/c1-20-15(12-16-9-10-18(19)21-16)11-14-7-4-6-13-5-2-3-8-17(13)14/h2-10,15,20H,11-12H2,1H3. The molecule has 0 amide bonds. The summed E-state index contributed by atoms with van der Waals surface area (Å²) in [6.07, 6.45) is 2.11. The highest BCUT2D eigenvalue weighted by Crippen LogP contribution is 2.25. The Hall–Kier alpha value is -1.16. The molecule has 0 aliphatic carbocycles. The zero-order valence-corrected chi connectivity index (χ0v) is 14.4. The molecule has 0 saturated heterocycles. The van der Waals surface area contributed by atoms with Gasteiger partial charge in [-0.3, -0.25) is 0 Å². The van der Waals surface area contributed by atoms with Gasteiger partial charge in [0.05, 0.1) is 3.79 Å². The molecule has 3 heteroatoms. The third-order valence-electron chi connectivity index (χ3n) is 3.83.